The first-order chi connectivity index (χ1) is 12.1. The summed E-state index contributed by atoms with van der Waals surface area (Å²) in [5.41, 5.74) is 7.98. The highest BCUT2D eigenvalue weighted by Gasteiger charge is 2.30. The third-order valence-corrected chi connectivity index (χ3v) is 4.64. The molecule has 2 N–H and O–H groups in total. The van der Waals surface area contributed by atoms with E-state index in [-0.39, 0.29) is 11.7 Å². The van der Waals surface area contributed by atoms with E-state index in [1.165, 1.54) is 0 Å². The molecule has 0 unspecified atom stereocenters. The lowest BCUT2D eigenvalue weighted by atomic mass is 9.94. The van der Waals surface area contributed by atoms with Crippen molar-refractivity contribution in [1.82, 2.24) is 4.90 Å². The third-order valence-electron chi connectivity index (χ3n) is 4.64. The van der Waals surface area contributed by atoms with E-state index in [0.29, 0.717) is 48.7 Å². The summed E-state index contributed by atoms with van der Waals surface area (Å²) in [6, 6.07) is 9.84. The van der Waals surface area contributed by atoms with Crippen LogP contribution in [0, 0.1) is 6.92 Å². The number of rotatable bonds is 6. The SMILES string of the molecule is Cc1c(C(=O)N(CCCN)Cc2ccccc2)oc2c1C(=O)CCC2. The van der Waals surface area contributed by atoms with Crippen molar-refractivity contribution >= 4 is 11.7 Å². The summed E-state index contributed by atoms with van der Waals surface area (Å²) < 4.78 is 5.82. The van der Waals surface area contributed by atoms with Gasteiger partial charge in [0.25, 0.3) is 5.91 Å². The van der Waals surface area contributed by atoms with E-state index in [1.54, 1.807) is 4.90 Å². The maximum absolute atomic E-state index is 13.1. The van der Waals surface area contributed by atoms with Crippen molar-refractivity contribution in [2.45, 2.75) is 39.2 Å². The summed E-state index contributed by atoms with van der Waals surface area (Å²) in [5, 5.41) is 0. The van der Waals surface area contributed by atoms with E-state index >= 15 is 0 Å². The Kier molecular flexibility index (Phi) is 5.34. The molecule has 2 aromatic rings. The summed E-state index contributed by atoms with van der Waals surface area (Å²) >= 11 is 0. The Hall–Kier alpha value is -2.40. The zero-order valence-corrected chi connectivity index (χ0v) is 14.6. The normalized spacial score (nSPS) is 13.6. The molecule has 1 heterocycles. The Morgan fingerprint density at radius 2 is 2.00 bits per heavy atom. The predicted molar refractivity (Wildman–Crippen MR) is 95.6 cm³/mol. The van der Waals surface area contributed by atoms with Crippen LogP contribution in [0.5, 0.6) is 0 Å². The minimum atomic E-state index is -0.169. The van der Waals surface area contributed by atoms with E-state index in [4.69, 9.17) is 10.2 Å². The maximum atomic E-state index is 13.1. The fourth-order valence-electron chi connectivity index (χ4n) is 3.33. The fourth-order valence-corrected chi connectivity index (χ4v) is 3.33. The molecule has 1 aliphatic carbocycles. The molecule has 1 aliphatic rings. The number of nitrogens with two attached hydrogens (primary N) is 1. The Morgan fingerprint density at radius 3 is 2.68 bits per heavy atom. The molecule has 0 bridgehead atoms. The molecule has 5 nitrogen and oxygen atoms in total. The molecule has 25 heavy (non-hydrogen) atoms. The molecule has 0 atom stereocenters. The van der Waals surface area contributed by atoms with Crippen LogP contribution < -0.4 is 5.73 Å². The Morgan fingerprint density at radius 1 is 1.24 bits per heavy atom. The van der Waals surface area contributed by atoms with E-state index < -0.39 is 0 Å². The van der Waals surface area contributed by atoms with Crippen molar-refractivity contribution in [2.75, 3.05) is 13.1 Å². The highest BCUT2D eigenvalue weighted by atomic mass is 16.4. The summed E-state index contributed by atoms with van der Waals surface area (Å²) in [6.07, 6.45) is 2.75. The molecule has 0 saturated heterocycles. The summed E-state index contributed by atoms with van der Waals surface area (Å²) in [7, 11) is 0. The van der Waals surface area contributed by atoms with Gasteiger partial charge < -0.3 is 15.1 Å². The number of amides is 1. The van der Waals surface area contributed by atoms with Crippen LogP contribution in [-0.2, 0) is 13.0 Å². The van der Waals surface area contributed by atoms with Crippen LogP contribution >= 0.6 is 0 Å². The van der Waals surface area contributed by atoms with Crippen LogP contribution in [0.4, 0.5) is 0 Å². The van der Waals surface area contributed by atoms with Gasteiger partial charge in [-0.3, -0.25) is 9.59 Å². The minimum Gasteiger partial charge on any atom is -0.455 e. The van der Waals surface area contributed by atoms with Gasteiger partial charge in [0.2, 0.25) is 0 Å². The number of carbonyl (C=O) groups is 2. The third kappa shape index (κ3) is 3.66. The van der Waals surface area contributed by atoms with Crippen molar-refractivity contribution in [3.8, 4) is 0 Å². The van der Waals surface area contributed by atoms with Crippen molar-refractivity contribution < 1.29 is 14.0 Å². The van der Waals surface area contributed by atoms with Gasteiger partial charge in [-0.25, -0.2) is 0 Å². The molecular weight excluding hydrogens is 316 g/mol. The number of nitrogens with zero attached hydrogens (tertiary/aromatic N) is 1. The van der Waals surface area contributed by atoms with Crippen molar-refractivity contribution in [3.05, 3.63) is 58.5 Å². The second-order valence-corrected chi connectivity index (χ2v) is 6.49. The number of carbonyl (C=O) groups excluding carboxylic acids is 2. The Labute approximate surface area is 147 Å². The monoisotopic (exact) mass is 340 g/mol. The number of aryl methyl sites for hydroxylation is 1. The van der Waals surface area contributed by atoms with Crippen molar-refractivity contribution in [1.29, 1.82) is 0 Å². The van der Waals surface area contributed by atoms with Crippen LogP contribution in [0.2, 0.25) is 0 Å². The topological polar surface area (TPSA) is 76.5 Å². The van der Waals surface area contributed by atoms with Gasteiger partial charge in [0.15, 0.2) is 11.5 Å². The maximum Gasteiger partial charge on any atom is 0.290 e. The van der Waals surface area contributed by atoms with Gasteiger partial charge in [-0.2, -0.15) is 0 Å². The summed E-state index contributed by atoms with van der Waals surface area (Å²) in [4.78, 5) is 27.0. The number of furan rings is 1. The standard InChI is InChI=1S/C20H24N2O3/c1-14-18-16(23)9-5-10-17(18)25-19(14)20(24)22(12-6-11-21)13-15-7-3-2-4-8-15/h2-4,7-8H,5-6,9-13,21H2,1H3. The lowest BCUT2D eigenvalue weighted by Crippen LogP contribution is -2.32. The first kappa shape index (κ1) is 17.4. The van der Waals surface area contributed by atoms with E-state index in [9.17, 15) is 9.59 Å². The molecule has 0 saturated carbocycles. The zero-order chi connectivity index (χ0) is 17.8. The van der Waals surface area contributed by atoms with Gasteiger partial charge in [0.1, 0.15) is 5.76 Å². The van der Waals surface area contributed by atoms with E-state index in [2.05, 4.69) is 0 Å². The van der Waals surface area contributed by atoms with E-state index in [1.807, 2.05) is 37.3 Å². The minimum absolute atomic E-state index is 0.0816. The molecule has 132 valence electrons. The molecule has 0 aliphatic heterocycles. The summed E-state index contributed by atoms with van der Waals surface area (Å²) in [5.74, 6) is 0.874. The molecule has 0 fully saturated rings. The van der Waals surface area contributed by atoms with Crippen molar-refractivity contribution in [3.63, 3.8) is 0 Å². The number of Topliss-reactive ketones (excluding diaryl/α,β-unsaturated/α-hetero) is 1. The largest absolute Gasteiger partial charge is 0.455 e. The molecule has 0 spiro atoms. The first-order valence-electron chi connectivity index (χ1n) is 8.80. The summed E-state index contributed by atoms with van der Waals surface area (Å²) in [6.45, 7) is 3.38. The van der Waals surface area contributed by atoms with Crippen LogP contribution in [0.15, 0.2) is 34.7 Å². The predicted octanol–water partition coefficient (Wildman–Crippen LogP) is 3.10. The van der Waals surface area contributed by atoms with Gasteiger partial charge in [-0.15, -0.1) is 0 Å². The smallest absolute Gasteiger partial charge is 0.290 e. The van der Waals surface area contributed by atoms with Gasteiger partial charge >= 0.3 is 0 Å². The molecule has 1 amide bonds. The molecule has 5 heteroatoms. The van der Waals surface area contributed by atoms with Gasteiger partial charge in [0, 0.05) is 31.5 Å². The highest BCUT2D eigenvalue weighted by Crippen LogP contribution is 2.30. The Balaban J connectivity index is 1.88. The lowest BCUT2D eigenvalue weighted by molar-refractivity contribution is 0.0706. The van der Waals surface area contributed by atoms with Crippen LogP contribution in [-0.4, -0.2) is 29.7 Å². The lowest BCUT2D eigenvalue weighted by Gasteiger charge is -2.22. The average Bonchev–Trinajstić information content (AvgIpc) is 2.97. The number of hydrogen-bond donors (Lipinski definition) is 1. The molecule has 1 aromatic heterocycles. The van der Waals surface area contributed by atoms with Crippen LogP contribution in [0.1, 0.15) is 57.1 Å². The van der Waals surface area contributed by atoms with Crippen LogP contribution in [0.25, 0.3) is 0 Å². The molecule has 1 aromatic carbocycles. The molecule has 3 rings (SSSR count). The van der Waals surface area contributed by atoms with E-state index in [0.717, 1.165) is 24.8 Å². The highest BCUT2D eigenvalue weighted by molar-refractivity contribution is 6.03. The number of benzene rings is 1. The first-order valence-corrected chi connectivity index (χ1v) is 8.80. The Bertz CT molecular complexity index is 765. The molecule has 0 radical (unpaired) electrons. The molecular formula is C20H24N2O3. The average molecular weight is 340 g/mol. The number of ketones is 1. The zero-order valence-electron chi connectivity index (χ0n) is 14.6. The van der Waals surface area contributed by atoms with Crippen LogP contribution in [0.3, 0.4) is 0 Å². The van der Waals surface area contributed by atoms with Gasteiger partial charge in [-0.1, -0.05) is 30.3 Å². The van der Waals surface area contributed by atoms with Gasteiger partial charge in [-0.05, 0) is 31.9 Å². The quantitative estimate of drug-likeness (QED) is 0.876. The second kappa shape index (κ2) is 7.66. The van der Waals surface area contributed by atoms with Gasteiger partial charge in [0.05, 0.1) is 5.56 Å². The fraction of sp³-hybridized carbons (Fsp3) is 0.400. The number of fused-ring (bicyclic) bond motifs is 1. The second-order valence-electron chi connectivity index (χ2n) is 6.49. The van der Waals surface area contributed by atoms with Crippen molar-refractivity contribution in [2.24, 2.45) is 5.73 Å². The number of hydrogen-bond acceptors (Lipinski definition) is 4.